The highest BCUT2D eigenvalue weighted by Gasteiger charge is 2.21. The molecule has 0 aromatic rings. The number of esters is 1. The topological polar surface area (TPSA) is 120 Å². The SMILES string of the molecule is CCCCCCCCCCC(=O)N[C@@H](CCCN=C(N)N)C(=O)OCC. The van der Waals surface area contributed by atoms with Gasteiger partial charge < -0.3 is 21.5 Å². The largest absolute Gasteiger partial charge is 0.464 e. The van der Waals surface area contributed by atoms with E-state index in [0.717, 1.165) is 19.3 Å². The van der Waals surface area contributed by atoms with E-state index in [1.807, 2.05) is 0 Å². The monoisotopic (exact) mass is 370 g/mol. The summed E-state index contributed by atoms with van der Waals surface area (Å²) in [6, 6.07) is -0.634. The molecule has 0 bridgehead atoms. The molecule has 0 aliphatic carbocycles. The molecule has 0 rings (SSSR count). The Bertz CT molecular complexity index is 410. The second kappa shape index (κ2) is 16.7. The molecule has 0 aliphatic heterocycles. The van der Waals surface area contributed by atoms with Gasteiger partial charge in [-0.2, -0.15) is 0 Å². The summed E-state index contributed by atoms with van der Waals surface area (Å²) >= 11 is 0. The molecule has 0 spiro atoms. The van der Waals surface area contributed by atoms with Crippen LogP contribution in [0.5, 0.6) is 0 Å². The molecule has 0 aromatic heterocycles. The fraction of sp³-hybridized carbons (Fsp3) is 0.842. The standard InChI is InChI=1S/C19H38N4O3/c1-3-5-6-7-8-9-10-11-14-17(24)23-16(18(25)26-4-2)13-12-15-22-19(20)21/h16H,3-15H2,1-2H3,(H,23,24)(H4,20,21,22)/t16-/m0/s1. The highest BCUT2D eigenvalue weighted by Crippen LogP contribution is 2.10. The van der Waals surface area contributed by atoms with Crippen molar-refractivity contribution in [3.8, 4) is 0 Å². The van der Waals surface area contributed by atoms with Crippen molar-refractivity contribution in [2.24, 2.45) is 16.5 Å². The first-order valence-electron chi connectivity index (χ1n) is 10.0. The van der Waals surface area contributed by atoms with E-state index >= 15 is 0 Å². The van der Waals surface area contributed by atoms with Crippen LogP contribution in [0.4, 0.5) is 0 Å². The Balaban J connectivity index is 4.04. The van der Waals surface area contributed by atoms with E-state index in [9.17, 15) is 9.59 Å². The van der Waals surface area contributed by atoms with Crippen molar-refractivity contribution in [2.45, 2.75) is 90.5 Å². The maximum Gasteiger partial charge on any atom is 0.328 e. The third-order valence-electron chi connectivity index (χ3n) is 4.11. The van der Waals surface area contributed by atoms with Gasteiger partial charge >= 0.3 is 5.97 Å². The number of nitrogens with two attached hydrogens (primary N) is 2. The molecule has 1 atom stereocenters. The number of amides is 1. The molecule has 1 amide bonds. The second-order valence-electron chi connectivity index (χ2n) is 6.55. The lowest BCUT2D eigenvalue weighted by molar-refractivity contribution is -0.147. The van der Waals surface area contributed by atoms with Crippen molar-refractivity contribution in [2.75, 3.05) is 13.2 Å². The van der Waals surface area contributed by atoms with Crippen LogP contribution in [0.2, 0.25) is 0 Å². The first-order valence-corrected chi connectivity index (χ1v) is 10.0. The van der Waals surface area contributed by atoms with Crippen LogP contribution in [-0.2, 0) is 14.3 Å². The molecule has 0 radical (unpaired) electrons. The molecular formula is C19H38N4O3. The maximum atomic E-state index is 12.1. The van der Waals surface area contributed by atoms with Gasteiger partial charge in [-0.3, -0.25) is 9.79 Å². The van der Waals surface area contributed by atoms with Gasteiger partial charge in [0, 0.05) is 13.0 Å². The molecular weight excluding hydrogens is 332 g/mol. The van der Waals surface area contributed by atoms with Crippen LogP contribution in [-0.4, -0.2) is 37.0 Å². The van der Waals surface area contributed by atoms with E-state index in [1.54, 1.807) is 6.92 Å². The van der Waals surface area contributed by atoms with Crippen molar-refractivity contribution in [3.05, 3.63) is 0 Å². The van der Waals surface area contributed by atoms with Gasteiger partial charge in [-0.25, -0.2) is 4.79 Å². The molecule has 0 saturated carbocycles. The molecule has 0 heterocycles. The van der Waals surface area contributed by atoms with Crippen LogP contribution in [0.1, 0.15) is 84.5 Å². The number of rotatable bonds is 16. The summed E-state index contributed by atoms with van der Waals surface area (Å²) in [7, 11) is 0. The van der Waals surface area contributed by atoms with Gasteiger partial charge in [-0.05, 0) is 26.2 Å². The molecule has 0 fully saturated rings. The van der Waals surface area contributed by atoms with Gasteiger partial charge in [0.25, 0.3) is 0 Å². The molecule has 0 aliphatic rings. The number of aliphatic imine (C=N–C) groups is 1. The minimum Gasteiger partial charge on any atom is -0.464 e. The number of carbonyl (C=O) groups is 2. The maximum absolute atomic E-state index is 12.1. The number of nitrogens with one attached hydrogen (secondary N) is 1. The highest BCUT2D eigenvalue weighted by atomic mass is 16.5. The predicted octanol–water partition coefficient (Wildman–Crippen LogP) is 2.62. The lowest BCUT2D eigenvalue weighted by Crippen LogP contribution is -2.42. The fourth-order valence-corrected chi connectivity index (χ4v) is 2.68. The van der Waals surface area contributed by atoms with E-state index in [0.29, 0.717) is 25.8 Å². The quantitative estimate of drug-likeness (QED) is 0.167. The van der Waals surface area contributed by atoms with Crippen LogP contribution in [0.15, 0.2) is 4.99 Å². The predicted molar refractivity (Wildman–Crippen MR) is 106 cm³/mol. The average Bonchev–Trinajstić information content (AvgIpc) is 2.59. The van der Waals surface area contributed by atoms with Crippen molar-refractivity contribution in [3.63, 3.8) is 0 Å². The molecule has 5 N–H and O–H groups in total. The molecule has 152 valence electrons. The number of guanidine groups is 1. The van der Waals surface area contributed by atoms with Gasteiger partial charge in [-0.15, -0.1) is 0 Å². The summed E-state index contributed by atoms with van der Waals surface area (Å²) in [5.41, 5.74) is 10.6. The first kappa shape index (κ1) is 24.2. The van der Waals surface area contributed by atoms with E-state index < -0.39 is 12.0 Å². The number of unbranched alkanes of at least 4 members (excludes halogenated alkanes) is 7. The lowest BCUT2D eigenvalue weighted by atomic mass is 10.1. The number of carbonyl (C=O) groups excluding carboxylic acids is 2. The lowest BCUT2D eigenvalue weighted by Gasteiger charge is -2.17. The first-order chi connectivity index (χ1) is 12.5. The Morgan fingerprint density at radius 1 is 0.962 bits per heavy atom. The Kier molecular flexibility index (Phi) is 15.5. The van der Waals surface area contributed by atoms with Crippen LogP contribution < -0.4 is 16.8 Å². The number of ether oxygens (including phenoxy) is 1. The summed E-state index contributed by atoms with van der Waals surface area (Å²) in [4.78, 5) is 28.0. The average molecular weight is 371 g/mol. The van der Waals surface area contributed by atoms with Crippen molar-refractivity contribution < 1.29 is 14.3 Å². The molecule has 7 heteroatoms. The summed E-state index contributed by atoms with van der Waals surface area (Å²) in [5.74, 6) is -0.478. The normalized spacial score (nSPS) is 11.6. The van der Waals surface area contributed by atoms with Crippen LogP contribution in [0.25, 0.3) is 0 Å². The van der Waals surface area contributed by atoms with Crippen LogP contribution in [0, 0.1) is 0 Å². The Morgan fingerprint density at radius 2 is 1.58 bits per heavy atom. The van der Waals surface area contributed by atoms with Gasteiger partial charge in [0.2, 0.25) is 5.91 Å². The summed E-state index contributed by atoms with van der Waals surface area (Å²) in [5, 5.41) is 2.78. The number of nitrogens with zero attached hydrogens (tertiary/aromatic N) is 1. The summed E-state index contributed by atoms with van der Waals surface area (Å²) in [6.07, 6.45) is 10.9. The number of hydrogen-bond donors (Lipinski definition) is 3. The Morgan fingerprint density at radius 3 is 2.15 bits per heavy atom. The summed E-state index contributed by atoms with van der Waals surface area (Å²) < 4.78 is 5.03. The number of hydrogen-bond acceptors (Lipinski definition) is 4. The van der Waals surface area contributed by atoms with Crippen molar-refractivity contribution >= 4 is 17.8 Å². The minimum atomic E-state index is -0.634. The fourth-order valence-electron chi connectivity index (χ4n) is 2.68. The van der Waals surface area contributed by atoms with Gasteiger partial charge in [0.15, 0.2) is 5.96 Å². The van der Waals surface area contributed by atoms with Crippen LogP contribution >= 0.6 is 0 Å². The molecule has 0 unspecified atom stereocenters. The van der Waals surface area contributed by atoms with Crippen molar-refractivity contribution in [1.82, 2.24) is 5.32 Å². The van der Waals surface area contributed by atoms with Crippen molar-refractivity contribution in [1.29, 1.82) is 0 Å². The smallest absolute Gasteiger partial charge is 0.328 e. The van der Waals surface area contributed by atoms with Crippen LogP contribution in [0.3, 0.4) is 0 Å². The third kappa shape index (κ3) is 14.5. The zero-order valence-corrected chi connectivity index (χ0v) is 16.6. The third-order valence-corrected chi connectivity index (χ3v) is 4.11. The molecule has 0 aromatic carbocycles. The van der Waals surface area contributed by atoms with Gasteiger partial charge in [0.05, 0.1) is 6.61 Å². The van der Waals surface area contributed by atoms with E-state index in [1.165, 1.54) is 32.1 Å². The second-order valence-corrected chi connectivity index (χ2v) is 6.55. The highest BCUT2D eigenvalue weighted by molar-refractivity contribution is 5.84. The van der Waals surface area contributed by atoms with E-state index in [4.69, 9.17) is 16.2 Å². The minimum absolute atomic E-state index is 0.0245. The van der Waals surface area contributed by atoms with Gasteiger partial charge in [-0.1, -0.05) is 51.9 Å². The molecule has 0 saturated heterocycles. The van der Waals surface area contributed by atoms with E-state index in [2.05, 4.69) is 17.2 Å². The Labute approximate surface area is 158 Å². The molecule has 7 nitrogen and oxygen atoms in total. The zero-order chi connectivity index (χ0) is 19.6. The van der Waals surface area contributed by atoms with E-state index in [-0.39, 0.29) is 18.5 Å². The van der Waals surface area contributed by atoms with Gasteiger partial charge in [0.1, 0.15) is 6.04 Å². The Hall–Kier alpha value is -1.79. The summed E-state index contributed by atoms with van der Waals surface area (Å²) in [6.45, 7) is 4.67. The molecule has 26 heavy (non-hydrogen) atoms. The zero-order valence-electron chi connectivity index (χ0n) is 16.6.